The van der Waals surface area contributed by atoms with Crippen LogP contribution in [0.15, 0.2) is 24.3 Å². The van der Waals surface area contributed by atoms with Crippen LogP contribution in [0.5, 0.6) is 0 Å². The summed E-state index contributed by atoms with van der Waals surface area (Å²) < 4.78 is 0. The van der Waals surface area contributed by atoms with Crippen LogP contribution in [0, 0.1) is 6.92 Å². The molecule has 0 radical (unpaired) electrons. The molecule has 1 rings (SSSR count). The first-order valence-electron chi connectivity index (χ1n) is 5.51. The Hall–Kier alpha value is -1.59. The lowest BCUT2D eigenvalue weighted by Crippen LogP contribution is -2.38. The van der Waals surface area contributed by atoms with Crippen molar-refractivity contribution in [1.29, 1.82) is 0 Å². The predicted octanol–water partition coefficient (Wildman–Crippen LogP) is 0.814. The fraction of sp³-hybridized carbons (Fsp3) is 0.417. The number of anilines is 1. The average Bonchev–Trinajstić information content (AvgIpc) is 2.28. The minimum atomic E-state index is -0.321. The Balaban J connectivity index is 2.62. The van der Waals surface area contributed by atoms with Crippen LogP contribution in [0.25, 0.3) is 0 Å². The Morgan fingerprint density at radius 3 is 2.47 bits per heavy atom. The zero-order chi connectivity index (χ0) is 12.7. The number of carbonyl (C=O) groups is 1. The fourth-order valence-corrected chi connectivity index (χ4v) is 1.48. The van der Waals surface area contributed by atoms with E-state index in [2.05, 4.69) is 5.32 Å². The SMILES string of the molecule is Cc1cccc(NC(=O)N(CCO)CCO)c1. The smallest absolute Gasteiger partial charge is 0.321 e. The first kappa shape index (κ1) is 13.5. The van der Waals surface area contributed by atoms with Crippen molar-refractivity contribution in [2.75, 3.05) is 31.6 Å². The van der Waals surface area contributed by atoms with Crippen molar-refractivity contribution in [2.45, 2.75) is 6.92 Å². The molecule has 3 N–H and O–H groups in total. The van der Waals surface area contributed by atoms with Gasteiger partial charge in [-0.1, -0.05) is 12.1 Å². The van der Waals surface area contributed by atoms with Gasteiger partial charge in [-0.3, -0.25) is 0 Å². The lowest BCUT2D eigenvalue weighted by molar-refractivity contribution is 0.167. The van der Waals surface area contributed by atoms with Crippen molar-refractivity contribution < 1.29 is 15.0 Å². The van der Waals surface area contributed by atoms with E-state index in [9.17, 15) is 4.79 Å². The highest BCUT2D eigenvalue weighted by molar-refractivity contribution is 5.89. The molecule has 5 nitrogen and oxygen atoms in total. The second-order valence-corrected chi connectivity index (χ2v) is 3.73. The Morgan fingerprint density at radius 2 is 1.94 bits per heavy atom. The maximum absolute atomic E-state index is 11.8. The first-order chi connectivity index (χ1) is 8.17. The maximum atomic E-state index is 11.8. The first-order valence-corrected chi connectivity index (χ1v) is 5.51. The van der Waals surface area contributed by atoms with Gasteiger partial charge < -0.3 is 20.4 Å². The Bertz CT molecular complexity index is 363. The zero-order valence-corrected chi connectivity index (χ0v) is 9.89. The van der Waals surface area contributed by atoms with E-state index in [-0.39, 0.29) is 32.3 Å². The molecule has 0 unspecified atom stereocenters. The second kappa shape index (κ2) is 6.88. The van der Waals surface area contributed by atoms with Crippen LogP contribution < -0.4 is 5.32 Å². The van der Waals surface area contributed by atoms with E-state index in [1.165, 1.54) is 4.90 Å². The topological polar surface area (TPSA) is 72.8 Å². The molecule has 0 aliphatic heterocycles. The Labute approximate surface area is 101 Å². The van der Waals surface area contributed by atoms with Gasteiger partial charge in [0.25, 0.3) is 0 Å². The minimum absolute atomic E-state index is 0.124. The molecule has 0 fully saturated rings. The molecule has 2 amide bonds. The van der Waals surface area contributed by atoms with Gasteiger partial charge in [-0.25, -0.2) is 4.79 Å². The molecule has 0 saturated carbocycles. The highest BCUT2D eigenvalue weighted by atomic mass is 16.3. The zero-order valence-electron chi connectivity index (χ0n) is 9.89. The number of aryl methyl sites for hydroxylation is 1. The number of rotatable bonds is 5. The normalized spacial score (nSPS) is 10.1. The summed E-state index contributed by atoms with van der Waals surface area (Å²) in [6.07, 6.45) is 0. The molecule has 0 atom stereocenters. The number of hydrogen-bond acceptors (Lipinski definition) is 3. The molecular formula is C12H18N2O3. The lowest BCUT2D eigenvalue weighted by Gasteiger charge is -2.21. The van der Waals surface area contributed by atoms with E-state index in [1.54, 1.807) is 6.07 Å². The second-order valence-electron chi connectivity index (χ2n) is 3.73. The number of amides is 2. The number of hydrogen-bond donors (Lipinski definition) is 3. The van der Waals surface area contributed by atoms with Gasteiger partial charge in [0.05, 0.1) is 13.2 Å². The highest BCUT2D eigenvalue weighted by Gasteiger charge is 2.12. The van der Waals surface area contributed by atoms with Crippen LogP contribution in [-0.2, 0) is 0 Å². The molecule has 17 heavy (non-hydrogen) atoms. The Kier molecular flexibility index (Phi) is 5.45. The van der Waals surface area contributed by atoms with Crippen molar-refractivity contribution in [3.05, 3.63) is 29.8 Å². The predicted molar refractivity (Wildman–Crippen MR) is 65.9 cm³/mol. The largest absolute Gasteiger partial charge is 0.395 e. The van der Waals surface area contributed by atoms with Crippen LogP contribution in [0.4, 0.5) is 10.5 Å². The molecule has 0 aliphatic carbocycles. The third kappa shape index (κ3) is 4.42. The summed E-state index contributed by atoms with van der Waals surface area (Å²) >= 11 is 0. The van der Waals surface area contributed by atoms with Gasteiger partial charge in [-0.15, -0.1) is 0 Å². The molecule has 5 heteroatoms. The molecular weight excluding hydrogens is 220 g/mol. The van der Waals surface area contributed by atoms with Crippen LogP contribution in [0.2, 0.25) is 0 Å². The van der Waals surface area contributed by atoms with Crippen molar-refractivity contribution in [2.24, 2.45) is 0 Å². The molecule has 1 aromatic carbocycles. The molecule has 1 aromatic rings. The maximum Gasteiger partial charge on any atom is 0.321 e. The van der Waals surface area contributed by atoms with Gasteiger partial charge >= 0.3 is 6.03 Å². The summed E-state index contributed by atoms with van der Waals surface area (Å²) in [6, 6.07) is 7.12. The summed E-state index contributed by atoms with van der Waals surface area (Å²) in [7, 11) is 0. The molecule has 94 valence electrons. The fourth-order valence-electron chi connectivity index (χ4n) is 1.48. The highest BCUT2D eigenvalue weighted by Crippen LogP contribution is 2.10. The van der Waals surface area contributed by atoms with Crippen LogP contribution >= 0.6 is 0 Å². The summed E-state index contributed by atoms with van der Waals surface area (Å²) in [4.78, 5) is 13.2. The third-order valence-corrected chi connectivity index (χ3v) is 2.30. The average molecular weight is 238 g/mol. The van der Waals surface area contributed by atoms with Crippen molar-refractivity contribution in [3.8, 4) is 0 Å². The van der Waals surface area contributed by atoms with Crippen molar-refractivity contribution >= 4 is 11.7 Å². The number of nitrogens with zero attached hydrogens (tertiary/aromatic N) is 1. The summed E-state index contributed by atoms with van der Waals surface area (Å²) in [5, 5.41) is 20.4. The van der Waals surface area contributed by atoms with Gasteiger partial charge in [0, 0.05) is 18.8 Å². The molecule has 0 spiro atoms. The summed E-state index contributed by atoms with van der Waals surface area (Å²) in [6.45, 7) is 2.10. The number of benzene rings is 1. The van der Waals surface area contributed by atoms with Crippen LogP contribution in [0.1, 0.15) is 5.56 Å². The minimum Gasteiger partial charge on any atom is -0.395 e. The van der Waals surface area contributed by atoms with Gasteiger partial charge in [-0.2, -0.15) is 0 Å². The van der Waals surface area contributed by atoms with Crippen molar-refractivity contribution in [3.63, 3.8) is 0 Å². The van der Waals surface area contributed by atoms with E-state index in [4.69, 9.17) is 10.2 Å². The van der Waals surface area contributed by atoms with E-state index in [0.29, 0.717) is 5.69 Å². The molecule has 0 heterocycles. The summed E-state index contributed by atoms with van der Waals surface area (Å²) in [5.41, 5.74) is 1.76. The standard InChI is InChI=1S/C12H18N2O3/c1-10-3-2-4-11(9-10)13-12(17)14(5-7-15)6-8-16/h2-4,9,15-16H,5-8H2,1H3,(H,13,17). The van der Waals surface area contributed by atoms with Gasteiger partial charge in [0.2, 0.25) is 0 Å². The third-order valence-electron chi connectivity index (χ3n) is 2.30. The van der Waals surface area contributed by atoms with E-state index in [1.807, 2.05) is 25.1 Å². The number of urea groups is 1. The van der Waals surface area contributed by atoms with Crippen LogP contribution in [-0.4, -0.2) is 47.4 Å². The lowest BCUT2D eigenvalue weighted by atomic mass is 10.2. The molecule has 0 bridgehead atoms. The van der Waals surface area contributed by atoms with Crippen LogP contribution in [0.3, 0.4) is 0 Å². The Morgan fingerprint density at radius 1 is 1.29 bits per heavy atom. The van der Waals surface area contributed by atoms with E-state index >= 15 is 0 Å². The number of aliphatic hydroxyl groups excluding tert-OH is 2. The summed E-state index contributed by atoms with van der Waals surface area (Å²) in [5.74, 6) is 0. The number of carbonyl (C=O) groups excluding carboxylic acids is 1. The molecule has 0 aromatic heterocycles. The van der Waals surface area contributed by atoms with Gasteiger partial charge in [-0.05, 0) is 24.6 Å². The molecule has 0 aliphatic rings. The van der Waals surface area contributed by atoms with E-state index < -0.39 is 0 Å². The quantitative estimate of drug-likeness (QED) is 0.711. The van der Waals surface area contributed by atoms with Gasteiger partial charge in [0.15, 0.2) is 0 Å². The van der Waals surface area contributed by atoms with Crippen molar-refractivity contribution in [1.82, 2.24) is 4.90 Å². The molecule has 0 saturated heterocycles. The van der Waals surface area contributed by atoms with E-state index in [0.717, 1.165) is 5.56 Å². The number of aliphatic hydroxyl groups is 2. The number of nitrogens with one attached hydrogen (secondary N) is 1. The monoisotopic (exact) mass is 238 g/mol. The van der Waals surface area contributed by atoms with Gasteiger partial charge in [0.1, 0.15) is 0 Å².